The van der Waals surface area contributed by atoms with E-state index in [1.807, 2.05) is 0 Å². The second-order valence-electron chi connectivity index (χ2n) is 12.8. The van der Waals surface area contributed by atoms with E-state index in [0.717, 1.165) is 31.6 Å². The zero-order chi connectivity index (χ0) is 28.5. The van der Waals surface area contributed by atoms with Crippen molar-refractivity contribution >= 4 is 5.97 Å². The van der Waals surface area contributed by atoms with Crippen molar-refractivity contribution in [3.8, 4) is 0 Å². The predicted molar refractivity (Wildman–Crippen MR) is 160 cm³/mol. The second-order valence-corrected chi connectivity index (χ2v) is 12.8. The van der Waals surface area contributed by atoms with Crippen molar-refractivity contribution in [2.24, 2.45) is 11.3 Å². The van der Waals surface area contributed by atoms with Gasteiger partial charge in [0, 0.05) is 12.8 Å². The molecule has 1 aromatic heterocycles. The molecule has 0 aliphatic heterocycles. The Labute approximate surface area is 234 Å². The molecule has 0 saturated carbocycles. The van der Waals surface area contributed by atoms with Crippen molar-refractivity contribution in [2.75, 3.05) is 0 Å². The van der Waals surface area contributed by atoms with Crippen molar-refractivity contribution in [3.63, 3.8) is 0 Å². The van der Waals surface area contributed by atoms with E-state index in [1.165, 1.54) is 109 Å². The number of H-pyrrole nitrogens is 1. The van der Waals surface area contributed by atoms with Gasteiger partial charge < -0.3 is 9.52 Å². The molecule has 0 aliphatic carbocycles. The Bertz CT molecular complexity index is 703. The van der Waals surface area contributed by atoms with Gasteiger partial charge in [0.1, 0.15) is 0 Å². The quantitative estimate of drug-likeness (QED) is 0.135. The highest BCUT2D eigenvalue weighted by Gasteiger charge is 2.08. The van der Waals surface area contributed by atoms with Crippen molar-refractivity contribution in [2.45, 2.75) is 176 Å². The molecular weight excluding hydrogens is 476 g/mol. The summed E-state index contributed by atoms with van der Waals surface area (Å²) >= 11 is 0. The first-order valence-electron chi connectivity index (χ1n) is 15.9. The normalized spacial score (nSPS) is 11.5. The summed E-state index contributed by atoms with van der Waals surface area (Å²) in [5.41, 5.74) is 0.490. The number of hydrogen-bond acceptors (Lipinski definition) is 4. The lowest BCUT2D eigenvalue weighted by Crippen LogP contribution is -2.03. The third-order valence-electron chi connectivity index (χ3n) is 6.97. The van der Waals surface area contributed by atoms with E-state index in [2.05, 4.69) is 44.8 Å². The Morgan fingerprint density at radius 1 is 0.763 bits per heavy atom. The lowest BCUT2D eigenvalue weighted by atomic mass is 9.89. The van der Waals surface area contributed by atoms with E-state index in [-0.39, 0.29) is 0 Å². The van der Waals surface area contributed by atoms with E-state index in [1.54, 1.807) is 0 Å². The predicted octanol–water partition coefficient (Wildman–Crippen LogP) is 9.87. The molecule has 0 atom stereocenters. The van der Waals surface area contributed by atoms with Crippen LogP contribution >= 0.6 is 0 Å². The molecule has 6 nitrogen and oxygen atoms in total. The van der Waals surface area contributed by atoms with E-state index < -0.39 is 11.7 Å². The third kappa shape index (κ3) is 29.0. The van der Waals surface area contributed by atoms with Crippen LogP contribution in [0.5, 0.6) is 0 Å². The summed E-state index contributed by atoms with van der Waals surface area (Å²) in [4.78, 5) is 21.0. The highest BCUT2D eigenvalue weighted by molar-refractivity contribution is 5.66. The minimum Gasteiger partial charge on any atom is -0.481 e. The molecule has 0 spiro atoms. The van der Waals surface area contributed by atoms with Gasteiger partial charge in [-0.3, -0.25) is 4.79 Å². The SMILES string of the molecule is CC(C)(C)CCCCCCCCCCCC(=O)O.CC(C)CCCCCCCCCCCc1n[nH]c(=O)o1. The molecule has 6 heteroatoms. The number of unbranched alkanes of at least 4 members (excludes halogenated alkanes) is 16. The van der Waals surface area contributed by atoms with Crippen LogP contribution in [0, 0.1) is 11.3 Å². The molecule has 0 amide bonds. The molecule has 0 aliphatic rings. The Kier molecular flexibility index (Phi) is 23.4. The van der Waals surface area contributed by atoms with Crippen LogP contribution < -0.4 is 5.76 Å². The first-order chi connectivity index (χ1) is 18.1. The monoisotopic (exact) mass is 538 g/mol. The molecule has 0 radical (unpaired) electrons. The molecule has 2 N–H and O–H groups in total. The van der Waals surface area contributed by atoms with Crippen LogP contribution in [0.2, 0.25) is 0 Å². The fraction of sp³-hybridized carbons (Fsp3) is 0.906. The van der Waals surface area contributed by atoms with Crippen LogP contribution in [0.4, 0.5) is 0 Å². The van der Waals surface area contributed by atoms with Crippen molar-refractivity contribution in [1.82, 2.24) is 10.2 Å². The average Bonchev–Trinajstić information content (AvgIpc) is 3.25. The van der Waals surface area contributed by atoms with Gasteiger partial charge in [0.15, 0.2) is 0 Å². The highest BCUT2D eigenvalue weighted by Crippen LogP contribution is 2.22. The van der Waals surface area contributed by atoms with Gasteiger partial charge in [-0.1, -0.05) is 144 Å². The van der Waals surface area contributed by atoms with Gasteiger partial charge in [0.05, 0.1) is 0 Å². The molecule has 1 aromatic rings. The Morgan fingerprint density at radius 3 is 1.63 bits per heavy atom. The van der Waals surface area contributed by atoms with Crippen LogP contribution in [0.25, 0.3) is 0 Å². The molecule has 0 aromatic carbocycles. The van der Waals surface area contributed by atoms with E-state index >= 15 is 0 Å². The number of carboxylic acids is 1. The van der Waals surface area contributed by atoms with Gasteiger partial charge in [-0.2, -0.15) is 0 Å². The number of aryl methyl sites for hydroxylation is 1. The lowest BCUT2D eigenvalue weighted by Gasteiger charge is -2.17. The Morgan fingerprint density at radius 2 is 1.21 bits per heavy atom. The van der Waals surface area contributed by atoms with Crippen LogP contribution in [-0.2, 0) is 11.2 Å². The third-order valence-corrected chi connectivity index (χ3v) is 6.97. The molecule has 38 heavy (non-hydrogen) atoms. The number of hydrogen-bond donors (Lipinski definition) is 2. The maximum Gasteiger partial charge on any atom is 0.434 e. The largest absolute Gasteiger partial charge is 0.481 e. The van der Waals surface area contributed by atoms with Gasteiger partial charge in [-0.15, -0.1) is 5.10 Å². The number of aromatic nitrogens is 2. The van der Waals surface area contributed by atoms with Gasteiger partial charge in [0.25, 0.3) is 0 Å². The molecule has 1 heterocycles. The number of nitrogens with one attached hydrogen (secondary N) is 1. The van der Waals surface area contributed by atoms with Crippen molar-refractivity contribution in [1.29, 1.82) is 0 Å². The molecule has 0 saturated heterocycles. The topological polar surface area (TPSA) is 96.2 Å². The van der Waals surface area contributed by atoms with E-state index in [9.17, 15) is 9.59 Å². The molecule has 0 bridgehead atoms. The van der Waals surface area contributed by atoms with Crippen molar-refractivity contribution in [3.05, 3.63) is 16.4 Å². The smallest absolute Gasteiger partial charge is 0.434 e. The number of rotatable bonds is 23. The number of carboxylic acid groups (broad SMARTS) is 1. The number of carbonyl (C=O) groups is 1. The summed E-state index contributed by atoms with van der Waals surface area (Å²) in [6, 6.07) is 0. The standard InChI is InChI=1S/C16H30N2O2.C16H32O2/c1-14(2)12-10-8-6-4-3-5-7-9-11-13-15-17-18-16(19)20-15;1-16(2,3)14-12-10-8-6-4-5-7-9-11-13-15(17)18/h14H,3-13H2,1-2H3,(H,18,19);4-14H2,1-3H3,(H,17,18). The number of aromatic amines is 1. The Balaban J connectivity index is 0.000000726. The minimum atomic E-state index is -0.658. The molecule has 0 unspecified atom stereocenters. The summed E-state index contributed by atoms with van der Waals surface area (Å²) in [7, 11) is 0. The maximum atomic E-state index is 10.7. The lowest BCUT2D eigenvalue weighted by molar-refractivity contribution is -0.137. The summed E-state index contributed by atoms with van der Waals surface area (Å²) in [6.45, 7) is 11.5. The Hall–Kier alpha value is -1.59. The van der Waals surface area contributed by atoms with E-state index in [0.29, 0.717) is 17.7 Å². The molecule has 224 valence electrons. The van der Waals surface area contributed by atoms with Crippen LogP contribution in [-0.4, -0.2) is 21.3 Å². The van der Waals surface area contributed by atoms with Gasteiger partial charge in [0.2, 0.25) is 5.89 Å². The fourth-order valence-electron chi connectivity index (χ4n) is 4.60. The molecule has 0 fully saturated rings. The first-order valence-corrected chi connectivity index (χ1v) is 15.9. The van der Waals surface area contributed by atoms with Gasteiger partial charge >= 0.3 is 11.7 Å². The zero-order valence-corrected chi connectivity index (χ0v) is 25.8. The molecule has 1 rings (SSSR count). The summed E-state index contributed by atoms with van der Waals surface area (Å²) in [5, 5.41) is 14.6. The summed E-state index contributed by atoms with van der Waals surface area (Å²) in [6.07, 6.45) is 26.8. The maximum absolute atomic E-state index is 10.7. The number of nitrogens with zero attached hydrogens (tertiary/aromatic N) is 1. The van der Waals surface area contributed by atoms with Crippen molar-refractivity contribution < 1.29 is 14.3 Å². The molecular formula is C32H62N2O4. The fourth-order valence-corrected chi connectivity index (χ4v) is 4.60. The highest BCUT2D eigenvalue weighted by atomic mass is 16.4. The van der Waals surface area contributed by atoms with Crippen LogP contribution in [0.1, 0.15) is 175 Å². The van der Waals surface area contributed by atoms with E-state index in [4.69, 9.17) is 9.52 Å². The van der Waals surface area contributed by atoms with Crippen LogP contribution in [0.15, 0.2) is 9.21 Å². The zero-order valence-electron chi connectivity index (χ0n) is 25.8. The second kappa shape index (κ2) is 24.5. The first kappa shape index (κ1) is 36.4. The average molecular weight is 539 g/mol. The van der Waals surface area contributed by atoms with Crippen LogP contribution in [0.3, 0.4) is 0 Å². The van der Waals surface area contributed by atoms with Gasteiger partial charge in [-0.25, -0.2) is 9.89 Å². The number of aliphatic carboxylic acids is 1. The summed E-state index contributed by atoms with van der Waals surface area (Å²) < 4.78 is 4.86. The minimum absolute atomic E-state index is 0.340. The summed E-state index contributed by atoms with van der Waals surface area (Å²) in [5.74, 6) is 0.292. The van der Waals surface area contributed by atoms with Gasteiger partial charge in [-0.05, 0) is 30.6 Å².